The molecule has 0 heterocycles. The monoisotopic (exact) mass is 1590 g/mol. The molecule has 0 spiro atoms. The van der Waals surface area contributed by atoms with E-state index in [1.807, 2.05) is 36.4 Å². The molecule has 0 saturated carbocycles. The number of carbonyl (C=O) groups is 2. The quantitative estimate of drug-likeness (QED) is 0.00718. The molecule has 0 unspecified atom stereocenters. The van der Waals surface area contributed by atoms with Gasteiger partial charge in [0.25, 0.3) is 21.0 Å². The van der Waals surface area contributed by atoms with Crippen LogP contribution in [-0.4, -0.2) is 118 Å². The molecule has 35 heteroatoms. The van der Waals surface area contributed by atoms with E-state index >= 15 is 0 Å². The maximum Gasteiger partial charge on any atom is 1.00 e. The number of aryl methyl sites for hydroxylation is 4. The third kappa shape index (κ3) is 53.0. The molecule has 0 aliphatic heterocycles. The topological polar surface area (TPSA) is 222 Å². The first-order valence-electron chi connectivity index (χ1n) is 29.1. The van der Waals surface area contributed by atoms with Crippen molar-refractivity contribution in [3.05, 3.63) is 254 Å². The fourth-order valence-corrected chi connectivity index (χ4v) is 12.4. The first-order valence-corrected chi connectivity index (χ1v) is 34.2. The molecule has 0 aliphatic carbocycles. The molecule has 0 saturated heterocycles. The van der Waals surface area contributed by atoms with Gasteiger partial charge in [0.05, 0.1) is 48.7 Å². The standard InChI is InChI=1S/2C24H25O2S.2C10H11FO3.2CH3F.4F2.2FHO3S.Na/c2*1-4-25-15-16-26-24-19(2)17-23(18-20(24)3)27(21-11-7-5-8-12-21)22-13-9-6-10-14-22;2*11-8-10(12)14-7-6-13-9-4-2-1-3-5-9;6*1-2;2*1-5(2,3)4;/h2*4-14,17-18H,1,15-16H2,2-3H3;2*1-5H,6-8H2;2*1H3;;;;;2*(H,2,3,4);/q2*+1;;;;;;;;;;;+1/p-2. The van der Waals surface area contributed by atoms with E-state index < -0.39 is 46.3 Å². The first-order chi connectivity index (χ1) is 50.1. The van der Waals surface area contributed by atoms with Crippen molar-refractivity contribution in [2.24, 2.45) is 0 Å². The first kappa shape index (κ1) is 105. The van der Waals surface area contributed by atoms with Crippen molar-refractivity contribution in [2.45, 2.75) is 57.1 Å². The average molecular weight is 1590 g/mol. The number of alkyl halides is 4. The molecule has 576 valence electrons. The van der Waals surface area contributed by atoms with Crippen LogP contribution >= 0.6 is 0 Å². The Hall–Kier alpha value is -8.48. The molecule has 0 atom stereocenters. The number of benzene rings is 8. The molecular formula is C70H78F14NaO16S4+. The van der Waals surface area contributed by atoms with Gasteiger partial charge in [0.15, 0.2) is 42.7 Å². The Balaban J connectivity index is -0.000000397. The molecule has 8 aromatic carbocycles. The van der Waals surface area contributed by atoms with Gasteiger partial charge in [0.1, 0.15) is 75.9 Å². The summed E-state index contributed by atoms with van der Waals surface area (Å²) in [7, 11) is -10.1. The van der Waals surface area contributed by atoms with Gasteiger partial charge in [-0.15, -0.1) is 7.77 Å². The van der Waals surface area contributed by atoms with Gasteiger partial charge >= 0.3 is 41.5 Å². The Labute approximate surface area is 630 Å². The van der Waals surface area contributed by atoms with Crippen molar-refractivity contribution >= 4 is 54.7 Å². The van der Waals surface area contributed by atoms with Crippen LogP contribution in [0.2, 0.25) is 0 Å². The van der Waals surface area contributed by atoms with Crippen LogP contribution in [0.15, 0.2) is 261 Å². The molecule has 8 aromatic rings. The summed E-state index contributed by atoms with van der Waals surface area (Å²) in [6.07, 6.45) is 2.88. The third-order valence-electron chi connectivity index (χ3n) is 11.3. The molecule has 8 rings (SSSR count). The van der Waals surface area contributed by atoms with Crippen molar-refractivity contribution in [2.75, 3.05) is 80.6 Å². The van der Waals surface area contributed by atoms with Crippen LogP contribution in [-0.2, 0) is 71.3 Å². The van der Waals surface area contributed by atoms with Crippen LogP contribution in [0.5, 0.6) is 23.0 Å². The van der Waals surface area contributed by atoms with Crippen molar-refractivity contribution < 1.29 is 165 Å². The van der Waals surface area contributed by atoms with E-state index in [0.717, 1.165) is 33.8 Å². The predicted molar refractivity (Wildman–Crippen MR) is 367 cm³/mol. The SMILES string of the molecule is C=COCCOc1c(C)cc([S+](c2ccccc2)c2ccccc2)cc1C.C=COCCOc1c(C)cc([S+](c2ccccc2)c2ccccc2)cc1C.CF.CF.FF.FF.FF.FF.O=C(CF)OCCOc1ccccc1.O=C(CF)OCCOc1ccccc1.O=S(=O)([O-])F.O=S(=O)([O-])F.[Na+]. The van der Waals surface area contributed by atoms with E-state index in [-0.39, 0.29) is 77.8 Å². The van der Waals surface area contributed by atoms with E-state index in [1.54, 1.807) is 24.3 Å². The van der Waals surface area contributed by atoms with E-state index in [0.29, 0.717) is 52.3 Å². The zero-order chi connectivity index (χ0) is 79.6. The fraction of sp³-hybridized carbons (Fsp3) is 0.229. The van der Waals surface area contributed by atoms with Crippen molar-refractivity contribution in [1.82, 2.24) is 0 Å². The van der Waals surface area contributed by atoms with Gasteiger partial charge < -0.3 is 47.0 Å². The van der Waals surface area contributed by atoms with E-state index in [2.05, 4.69) is 196 Å². The smallest absolute Gasteiger partial charge is 0.722 e. The number of carbonyl (C=O) groups excluding carboxylic acids is 2. The zero-order valence-electron chi connectivity index (χ0n) is 57.7. The van der Waals surface area contributed by atoms with Crippen molar-refractivity contribution in [3.63, 3.8) is 0 Å². The molecule has 0 aliphatic rings. The van der Waals surface area contributed by atoms with Crippen molar-refractivity contribution in [1.29, 1.82) is 0 Å². The average Bonchev–Trinajstić information content (AvgIpc) is 0.804. The molecule has 16 nitrogen and oxygen atoms in total. The second-order valence-corrected chi connectivity index (χ2v) is 23.9. The molecule has 0 N–H and O–H groups in total. The van der Waals surface area contributed by atoms with Gasteiger partial charge in [0, 0.05) is 60.9 Å². The van der Waals surface area contributed by atoms with Gasteiger partial charge in [0.2, 0.25) is 0 Å². The van der Waals surface area contributed by atoms with Crippen LogP contribution in [0.1, 0.15) is 22.3 Å². The largest absolute Gasteiger partial charge is 1.00 e. The van der Waals surface area contributed by atoms with Crippen LogP contribution in [0.4, 0.5) is 61.9 Å². The Kier molecular flexibility index (Phi) is 68.7. The second kappa shape index (κ2) is 68.6. The number of para-hydroxylation sites is 2. The van der Waals surface area contributed by atoms with Gasteiger partial charge in [-0.3, -0.25) is 8.78 Å². The summed E-state index contributed by atoms with van der Waals surface area (Å²) in [5.74, 6) is 1.56. The van der Waals surface area contributed by atoms with Gasteiger partial charge in [-0.1, -0.05) is 122 Å². The fourth-order valence-electron chi connectivity index (χ4n) is 7.85. The number of esters is 2. The molecule has 105 heavy (non-hydrogen) atoms. The molecular weight excluding hydrogens is 1510 g/mol. The maximum atomic E-state index is 11.6. The van der Waals surface area contributed by atoms with Gasteiger partial charge in [-0.05, 0) is 123 Å². The summed E-state index contributed by atoms with van der Waals surface area (Å²) in [5.41, 5.74) is 4.59. The Bertz CT molecular complexity index is 3290. The van der Waals surface area contributed by atoms with E-state index in [1.165, 1.54) is 41.9 Å². The minimum Gasteiger partial charge on any atom is -0.722 e. The molecule has 0 radical (unpaired) electrons. The van der Waals surface area contributed by atoms with Crippen LogP contribution in [0.3, 0.4) is 0 Å². The number of hydrogen-bond donors (Lipinski definition) is 0. The van der Waals surface area contributed by atoms with Crippen molar-refractivity contribution in [3.8, 4) is 23.0 Å². The molecule has 0 fully saturated rings. The summed E-state index contributed by atoms with van der Waals surface area (Å²) in [6, 6.07) is 70.0. The number of hydrogen-bond acceptors (Lipinski definition) is 16. The van der Waals surface area contributed by atoms with Crippen LogP contribution in [0.25, 0.3) is 0 Å². The number of halogens is 14. The zero-order valence-corrected chi connectivity index (χ0v) is 63.0. The van der Waals surface area contributed by atoms with Crippen LogP contribution in [0, 0.1) is 27.7 Å². The van der Waals surface area contributed by atoms with Gasteiger partial charge in [-0.2, -0.15) is 0 Å². The van der Waals surface area contributed by atoms with Crippen LogP contribution < -0.4 is 48.5 Å². The summed E-state index contributed by atoms with van der Waals surface area (Å²) in [6.45, 7) is 16.0. The normalized spacial score (nSPS) is 9.45. The molecule has 0 aromatic heterocycles. The summed E-state index contributed by atoms with van der Waals surface area (Å²) >= 11 is 0. The molecule has 0 amide bonds. The Morgan fingerprint density at radius 2 is 0.571 bits per heavy atom. The van der Waals surface area contributed by atoms with Gasteiger partial charge in [-0.25, -0.2) is 35.2 Å². The summed E-state index contributed by atoms with van der Waals surface area (Å²) < 4.78 is 218. The predicted octanol–water partition coefficient (Wildman–Crippen LogP) is 15.4. The van der Waals surface area contributed by atoms with E-state index in [9.17, 15) is 34.9 Å². The second-order valence-electron chi connectivity index (χ2n) is 18.2. The summed E-state index contributed by atoms with van der Waals surface area (Å²) in [4.78, 5) is 28.6. The minimum absolute atomic E-state index is 0. The minimum atomic E-state index is -5.42. The number of ether oxygens (including phenoxy) is 8. The number of rotatable bonds is 26. The Morgan fingerprint density at radius 3 is 0.771 bits per heavy atom. The maximum absolute atomic E-state index is 11.6. The van der Waals surface area contributed by atoms with E-state index in [4.69, 9.17) is 91.0 Å². The summed E-state index contributed by atoms with van der Waals surface area (Å²) in [5, 5.41) is 0. The molecule has 0 bridgehead atoms. The Morgan fingerprint density at radius 1 is 0.371 bits per heavy atom. The third-order valence-corrected chi connectivity index (χ3v) is 15.7.